The van der Waals surface area contributed by atoms with Crippen molar-refractivity contribution in [2.45, 2.75) is 167 Å². The number of benzene rings is 4. The van der Waals surface area contributed by atoms with Crippen molar-refractivity contribution in [3.8, 4) is 0 Å². The molecule has 0 spiro atoms. The highest BCUT2D eigenvalue weighted by Crippen LogP contribution is 2.67. The molecule has 4 aromatic rings. The molecule has 0 bridgehead atoms. The predicted molar refractivity (Wildman–Crippen MR) is 231 cm³/mol. The number of hydrogen-bond donors (Lipinski definition) is 0. The molecule has 0 aliphatic carbocycles. The van der Waals surface area contributed by atoms with Crippen molar-refractivity contribution in [3.05, 3.63) is 142 Å². The molecule has 7 rings (SSSR count). The molecule has 0 aromatic heterocycles. The molecule has 3 heterocycles. The maximum Gasteiger partial charge on any atom is 0.261 e. The number of fused-ring (bicyclic) bond motifs is 1. The molecule has 2 unspecified atom stereocenters. The van der Waals surface area contributed by atoms with E-state index in [1.165, 1.54) is 28.7 Å². The Labute approximate surface area is 339 Å². The summed E-state index contributed by atoms with van der Waals surface area (Å²) < 4.78 is 33.4. The predicted octanol–water partition coefficient (Wildman–Crippen LogP) is 13.4. The van der Waals surface area contributed by atoms with Crippen molar-refractivity contribution in [1.29, 1.82) is 0 Å². The molecule has 0 saturated carbocycles. The Bertz CT molecular complexity index is 1680. The smallest absolute Gasteiger partial charge is 0.261 e. The molecule has 3 aliphatic heterocycles. The molecule has 0 amide bonds. The highest BCUT2D eigenvalue weighted by atomic mass is 31.2. The number of nitrogens with zero attached hydrogens (tertiary/aromatic N) is 1. The zero-order chi connectivity index (χ0) is 40.2. The van der Waals surface area contributed by atoms with Crippen LogP contribution in [0.4, 0.5) is 0 Å². The van der Waals surface area contributed by atoms with Gasteiger partial charge in [-0.3, -0.25) is 0 Å². The van der Waals surface area contributed by atoms with Gasteiger partial charge in [0.1, 0.15) is 12.2 Å². The van der Waals surface area contributed by atoms with Crippen LogP contribution in [0.3, 0.4) is 0 Å². The van der Waals surface area contributed by atoms with Crippen molar-refractivity contribution < 1.29 is 18.5 Å². The maximum absolute atomic E-state index is 8.05. The van der Waals surface area contributed by atoms with Crippen LogP contribution in [0.5, 0.6) is 0 Å². The highest BCUT2D eigenvalue weighted by Gasteiger charge is 2.68. The Balaban J connectivity index is 1.58. The standard InChI is InChI=1S/C50H66NO4P/c1-32(2)38-16-24-42(25-17-38)49(43-26-18-39(19-27-43)33(3)4)46-47(53-48(11,12)52-46)50(44-28-20-40(21-29-44)34(5)6,45-30-22-41(23-31-45)35(7)8)55-56(54-49)51-36(9)14-13-15-37(51)10/h16-37,46-47H,13-15H2,1-12H3/t36?,37?,46-,47-/m1/s1. The van der Waals surface area contributed by atoms with Gasteiger partial charge in [0.05, 0.1) is 0 Å². The van der Waals surface area contributed by atoms with E-state index in [4.69, 9.17) is 18.5 Å². The largest absolute Gasteiger partial charge is 0.341 e. The highest BCUT2D eigenvalue weighted by molar-refractivity contribution is 7.44. The third kappa shape index (κ3) is 7.47. The average Bonchev–Trinajstić information content (AvgIpc) is 3.45. The van der Waals surface area contributed by atoms with Crippen LogP contribution in [-0.2, 0) is 29.7 Å². The van der Waals surface area contributed by atoms with E-state index in [0.717, 1.165) is 35.1 Å². The maximum atomic E-state index is 8.05. The van der Waals surface area contributed by atoms with Gasteiger partial charge in [-0.15, -0.1) is 0 Å². The van der Waals surface area contributed by atoms with Gasteiger partial charge in [0.2, 0.25) is 0 Å². The molecule has 6 heteroatoms. The number of rotatable bonds is 9. The minimum atomic E-state index is -1.73. The number of piperidine rings is 1. The summed E-state index contributed by atoms with van der Waals surface area (Å²) >= 11 is 0. The van der Waals surface area contributed by atoms with Crippen molar-refractivity contribution >= 4 is 8.53 Å². The quantitative estimate of drug-likeness (QED) is 0.158. The normalized spacial score (nSPS) is 25.2. The Hall–Kier alpha value is -2.89. The van der Waals surface area contributed by atoms with Crippen LogP contribution in [0.2, 0.25) is 0 Å². The third-order valence-corrected chi connectivity index (χ3v) is 14.8. The van der Waals surface area contributed by atoms with Crippen LogP contribution in [0.1, 0.15) is 171 Å². The van der Waals surface area contributed by atoms with E-state index < -0.39 is 37.7 Å². The van der Waals surface area contributed by atoms with Gasteiger partial charge in [0, 0.05) is 12.1 Å². The van der Waals surface area contributed by atoms with Crippen molar-refractivity contribution in [1.82, 2.24) is 4.67 Å². The van der Waals surface area contributed by atoms with E-state index >= 15 is 0 Å². The van der Waals surface area contributed by atoms with Gasteiger partial charge in [-0.1, -0.05) is 159 Å². The lowest BCUT2D eigenvalue weighted by Crippen LogP contribution is -2.53. The van der Waals surface area contributed by atoms with Crippen molar-refractivity contribution in [2.24, 2.45) is 0 Å². The van der Waals surface area contributed by atoms with Crippen LogP contribution in [0.25, 0.3) is 0 Å². The van der Waals surface area contributed by atoms with Gasteiger partial charge < -0.3 is 18.5 Å². The molecule has 56 heavy (non-hydrogen) atoms. The van der Waals surface area contributed by atoms with Crippen molar-refractivity contribution in [3.63, 3.8) is 0 Å². The first-order chi connectivity index (χ1) is 26.6. The average molecular weight is 776 g/mol. The van der Waals surface area contributed by atoms with Crippen LogP contribution < -0.4 is 0 Å². The minimum Gasteiger partial charge on any atom is -0.341 e. The second kappa shape index (κ2) is 16.0. The van der Waals surface area contributed by atoms with Gasteiger partial charge in [-0.2, -0.15) is 0 Å². The zero-order valence-corrected chi connectivity index (χ0v) is 36.9. The number of ether oxygens (including phenoxy) is 2. The lowest BCUT2D eigenvalue weighted by Gasteiger charge is -2.47. The molecule has 5 nitrogen and oxygen atoms in total. The third-order valence-electron chi connectivity index (χ3n) is 12.7. The summed E-state index contributed by atoms with van der Waals surface area (Å²) in [7, 11) is -1.73. The van der Waals surface area contributed by atoms with Gasteiger partial charge in [0.15, 0.2) is 17.0 Å². The molecule has 3 fully saturated rings. The van der Waals surface area contributed by atoms with Gasteiger partial charge in [-0.05, 0) is 109 Å². The summed E-state index contributed by atoms with van der Waals surface area (Å²) in [6.07, 6.45) is 2.17. The van der Waals surface area contributed by atoms with Crippen LogP contribution in [0, 0.1) is 0 Å². The fourth-order valence-corrected chi connectivity index (χ4v) is 11.4. The first kappa shape index (κ1) is 41.3. The summed E-state index contributed by atoms with van der Waals surface area (Å²) in [5.41, 5.74) is 7.17. The Morgan fingerprint density at radius 1 is 0.482 bits per heavy atom. The van der Waals surface area contributed by atoms with Crippen molar-refractivity contribution in [2.75, 3.05) is 0 Å². The summed E-state index contributed by atoms with van der Waals surface area (Å²) in [6.45, 7) is 26.8. The van der Waals surface area contributed by atoms with E-state index in [-0.39, 0.29) is 12.1 Å². The second-order valence-corrected chi connectivity index (χ2v) is 19.8. The Morgan fingerprint density at radius 3 is 1.00 bits per heavy atom. The summed E-state index contributed by atoms with van der Waals surface area (Å²) in [5.74, 6) is 0.635. The SMILES string of the molecule is CC(C)c1ccc(C2(c3ccc(C(C)C)cc3)OP(N3C(C)CCCC3C)OC(c3ccc(C(C)C)cc3)(c3ccc(C(C)C)cc3)[C@@H]3OC(C)(C)O[C@H]32)cc1. The summed E-state index contributed by atoms with van der Waals surface area (Å²) in [5, 5.41) is 0. The molecule has 300 valence electrons. The summed E-state index contributed by atoms with van der Waals surface area (Å²) in [4.78, 5) is 0. The van der Waals surface area contributed by atoms with E-state index in [9.17, 15) is 0 Å². The lowest BCUT2D eigenvalue weighted by molar-refractivity contribution is -0.175. The first-order valence-electron chi connectivity index (χ1n) is 21.3. The van der Waals surface area contributed by atoms with Gasteiger partial charge in [0.25, 0.3) is 8.53 Å². The lowest BCUT2D eigenvalue weighted by atomic mass is 9.71. The molecule has 0 radical (unpaired) electrons. The van der Waals surface area contributed by atoms with Gasteiger partial charge in [-0.25, -0.2) is 4.67 Å². The van der Waals surface area contributed by atoms with E-state index in [1.807, 2.05) is 13.8 Å². The molecule has 3 saturated heterocycles. The van der Waals surface area contributed by atoms with Gasteiger partial charge >= 0.3 is 0 Å². The summed E-state index contributed by atoms with van der Waals surface area (Å²) in [6, 6.07) is 36.9. The topological polar surface area (TPSA) is 40.2 Å². The molecule has 4 aromatic carbocycles. The van der Waals surface area contributed by atoms with Crippen LogP contribution >= 0.6 is 8.53 Å². The fraction of sp³-hybridized carbons (Fsp3) is 0.520. The molecule has 4 atom stereocenters. The molecule has 3 aliphatic rings. The Morgan fingerprint density at radius 2 is 0.750 bits per heavy atom. The van der Waals surface area contributed by atoms with Crippen LogP contribution in [0.15, 0.2) is 97.1 Å². The number of hydrogen-bond acceptors (Lipinski definition) is 5. The molecular weight excluding hydrogens is 710 g/mol. The molecule has 0 N–H and O–H groups in total. The Kier molecular flexibility index (Phi) is 11.8. The zero-order valence-electron chi connectivity index (χ0n) is 36.0. The van der Waals surface area contributed by atoms with E-state index in [2.05, 4.69) is 171 Å². The first-order valence-corrected chi connectivity index (χ1v) is 22.4. The van der Waals surface area contributed by atoms with E-state index in [0.29, 0.717) is 23.7 Å². The second-order valence-electron chi connectivity index (χ2n) is 18.5. The minimum absolute atomic E-state index is 0.259. The molecular formula is C50H66NO4P. The van der Waals surface area contributed by atoms with Crippen LogP contribution in [-0.4, -0.2) is 34.7 Å². The fourth-order valence-electron chi connectivity index (χ4n) is 9.21. The van der Waals surface area contributed by atoms with E-state index in [1.54, 1.807) is 0 Å². The monoisotopic (exact) mass is 775 g/mol.